The van der Waals surface area contributed by atoms with E-state index in [0.29, 0.717) is 12.5 Å². The average molecular weight is 518 g/mol. The van der Waals surface area contributed by atoms with E-state index >= 15 is 0 Å². The van der Waals surface area contributed by atoms with Gasteiger partial charge in [0.2, 0.25) is 11.4 Å². The van der Waals surface area contributed by atoms with Gasteiger partial charge in [0.1, 0.15) is 18.7 Å². The number of hydrogen-bond donors (Lipinski definition) is 6. The number of hydrogen-bond acceptors (Lipinski definition) is 6. The number of nitrogens with one attached hydrogen (secondary N) is 3. The molecule has 200 valence electrons. The summed E-state index contributed by atoms with van der Waals surface area (Å²) in [5, 5.41) is 14.7. The highest BCUT2D eigenvalue weighted by Crippen LogP contribution is 2.30. The third-order valence-electron chi connectivity index (χ3n) is 4.89. The molecule has 12 nitrogen and oxygen atoms in total. The number of rotatable bonds is 12. The Morgan fingerprint density at radius 3 is 2.25 bits per heavy atom. The van der Waals surface area contributed by atoms with Crippen LogP contribution in [-0.4, -0.2) is 65.3 Å². The minimum Gasteiger partial charge on any atom is -0.480 e. The lowest BCUT2D eigenvalue weighted by molar-refractivity contribution is -0.194. The van der Waals surface area contributed by atoms with Crippen LogP contribution in [0.1, 0.15) is 32.3 Å². The molecule has 0 aliphatic rings. The predicted octanol–water partition coefficient (Wildman–Crippen LogP) is 0.362. The molecule has 0 radical (unpaired) electrons. The maximum absolute atomic E-state index is 13.7. The van der Waals surface area contributed by atoms with Crippen molar-refractivity contribution in [3.63, 3.8) is 0 Å². The lowest BCUT2D eigenvalue weighted by atomic mass is 10.00. The molecule has 1 aromatic carbocycles. The fourth-order valence-electron chi connectivity index (χ4n) is 2.68. The number of ether oxygens (including phenoxy) is 1. The lowest BCUT2D eigenvalue weighted by Gasteiger charge is -2.32. The van der Waals surface area contributed by atoms with Crippen molar-refractivity contribution in [2.24, 2.45) is 16.5 Å². The quantitative estimate of drug-likeness (QED) is 0.129. The van der Waals surface area contributed by atoms with E-state index < -0.39 is 47.7 Å². The van der Waals surface area contributed by atoms with Crippen LogP contribution in [0.3, 0.4) is 0 Å². The van der Waals surface area contributed by atoms with E-state index in [1.807, 2.05) is 5.32 Å². The van der Waals surface area contributed by atoms with Crippen molar-refractivity contribution in [2.45, 2.75) is 57.1 Å². The summed E-state index contributed by atoms with van der Waals surface area (Å²) in [6, 6.07) is 5.12. The molecule has 8 N–H and O–H groups in total. The first kappa shape index (κ1) is 30.0. The van der Waals surface area contributed by atoms with Gasteiger partial charge in [-0.15, -0.1) is 0 Å². The normalized spacial score (nSPS) is 14.4. The van der Waals surface area contributed by atoms with Crippen LogP contribution in [-0.2, 0) is 25.7 Å². The van der Waals surface area contributed by atoms with Crippen LogP contribution in [0.2, 0.25) is 0 Å². The van der Waals surface area contributed by atoms with Crippen molar-refractivity contribution in [3.8, 4) is 0 Å². The molecule has 0 saturated carbocycles. The number of nitrogens with two attached hydrogens (primary N) is 2. The molecule has 36 heavy (non-hydrogen) atoms. The van der Waals surface area contributed by atoms with Crippen molar-refractivity contribution in [1.29, 1.82) is 0 Å². The summed E-state index contributed by atoms with van der Waals surface area (Å²) in [6.45, 7) is 1.20. The summed E-state index contributed by atoms with van der Waals surface area (Å²) in [4.78, 5) is 51.9. The molecule has 0 aromatic heterocycles. The van der Waals surface area contributed by atoms with E-state index in [-0.39, 0.29) is 32.0 Å². The lowest BCUT2D eigenvalue weighted by Crippen LogP contribution is -2.67. The summed E-state index contributed by atoms with van der Waals surface area (Å²) >= 11 is 0. The minimum atomic E-state index is -5.27. The number of nitrogens with zero attached hydrogens (tertiary/aromatic N) is 1. The second kappa shape index (κ2) is 13.2. The zero-order valence-corrected chi connectivity index (χ0v) is 19.6. The van der Waals surface area contributed by atoms with E-state index in [1.54, 1.807) is 30.3 Å². The number of aliphatic imine (C=N–C) groups is 1. The van der Waals surface area contributed by atoms with Gasteiger partial charge in [-0.1, -0.05) is 30.3 Å². The van der Waals surface area contributed by atoms with Crippen molar-refractivity contribution in [2.75, 3.05) is 6.54 Å². The first-order chi connectivity index (χ1) is 16.7. The monoisotopic (exact) mass is 518 g/mol. The molecular formula is C21H29F3N6O6. The molecule has 0 unspecified atom stereocenters. The number of halogens is 3. The Balaban J connectivity index is 2.80. The van der Waals surface area contributed by atoms with Gasteiger partial charge in [-0.05, 0) is 32.3 Å². The van der Waals surface area contributed by atoms with Gasteiger partial charge in [-0.25, -0.2) is 9.59 Å². The molecule has 0 aliphatic heterocycles. The molecule has 3 atom stereocenters. The van der Waals surface area contributed by atoms with Gasteiger partial charge in [-0.3, -0.25) is 19.9 Å². The summed E-state index contributed by atoms with van der Waals surface area (Å²) in [5.74, 6) is -4.43. The van der Waals surface area contributed by atoms with Gasteiger partial charge in [0, 0.05) is 6.54 Å². The topological polar surface area (TPSA) is 198 Å². The van der Waals surface area contributed by atoms with Gasteiger partial charge >= 0.3 is 18.2 Å². The van der Waals surface area contributed by atoms with Gasteiger partial charge < -0.3 is 31.9 Å². The Hall–Kier alpha value is -4.04. The number of alkyl halides is 3. The van der Waals surface area contributed by atoms with E-state index in [9.17, 15) is 37.5 Å². The molecule has 0 fully saturated rings. The highest BCUT2D eigenvalue weighted by Gasteiger charge is 2.58. The maximum Gasteiger partial charge on any atom is 0.420 e. The first-order valence-electron chi connectivity index (χ1n) is 10.6. The van der Waals surface area contributed by atoms with Gasteiger partial charge in [0.15, 0.2) is 5.96 Å². The van der Waals surface area contributed by atoms with Crippen LogP contribution in [0, 0.1) is 0 Å². The molecule has 0 saturated heterocycles. The van der Waals surface area contributed by atoms with Crippen LogP contribution >= 0.6 is 0 Å². The number of guanidine groups is 1. The number of carboxylic acid groups (broad SMARTS) is 1. The number of carboxylic acids is 1. The molecule has 0 spiro atoms. The fraction of sp³-hybridized carbons (Fsp3) is 0.476. The van der Waals surface area contributed by atoms with Crippen LogP contribution in [0.5, 0.6) is 0 Å². The SMILES string of the molecule is C[C@H](NC(=O)[C@@](C)(NC(=O)OCc1ccccc1)C(F)(F)F)C(=O)N[C@@H](CCCN=C(N)N)C(=O)O. The largest absolute Gasteiger partial charge is 0.480 e. The van der Waals surface area contributed by atoms with E-state index in [4.69, 9.17) is 16.2 Å². The first-order valence-corrected chi connectivity index (χ1v) is 10.6. The van der Waals surface area contributed by atoms with E-state index in [1.165, 1.54) is 5.32 Å². The molecule has 3 amide bonds. The Morgan fingerprint density at radius 2 is 1.72 bits per heavy atom. The van der Waals surface area contributed by atoms with Crippen LogP contribution in [0.4, 0.5) is 18.0 Å². The zero-order chi connectivity index (χ0) is 27.5. The van der Waals surface area contributed by atoms with Crippen molar-refractivity contribution in [1.82, 2.24) is 16.0 Å². The summed E-state index contributed by atoms with van der Waals surface area (Å²) < 4.78 is 46.0. The van der Waals surface area contributed by atoms with Gasteiger partial charge in [0.05, 0.1) is 0 Å². The molecule has 0 aliphatic carbocycles. The van der Waals surface area contributed by atoms with Crippen LogP contribution in [0.25, 0.3) is 0 Å². The van der Waals surface area contributed by atoms with Gasteiger partial charge in [0.25, 0.3) is 5.91 Å². The third kappa shape index (κ3) is 9.31. The summed E-state index contributed by atoms with van der Waals surface area (Å²) in [5.41, 5.74) is 7.37. The Kier molecular flexibility index (Phi) is 11.0. The van der Waals surface area contributed by atoms with Crippen molar-refractivity contribution in [3.05, 3.63) is 35.9 Å². The number of alkyl carbamates (subject to hydrolysis) is 1. The second-order valence-corrected chi connectivity index (χ2v) is 7.85. The number of carbonyl (C=O) groups excluding carboxylic acids is 3. The predicted molar refractivity (Wildman–Crippen MR) is 121 cm³/mol. The summed E-state index contributed by atoms with van der Waals surface area (Å²) in [6.07, 6.45) is -6.70. The van der Waals surface area contributed by atoms with Crippen LogP contribution < -0.4 is 27.4 Å². The molecule has 0 bridgehead atoms. The minimum absolute atomic E-state index is 0.0876. The number of aliphatic carboxylic acids is 1. The standard InChI is InChI=1S/C21H29F3N6O6/c1-12(15(31)29-14(16(32)33)9-6-10-27-18(25)26)28-17(34)20(2,21(22,23)24)30-19(35)36-11-13-7-4-3-5-8-13/h3-5,7-8,12,14H,6,9-11H2,1-2H3,(H,28,34)(H,29,31)(H,30,35)(H,32,33)(H4,25,26,27)/t12-,14-,20+/m0/s1. The third-order valence-corrected chi connectivity index (χ3v) is 4.89. The smallest absolute Gasteiger partial charge is 0.420 e. The number of benzene rings is 1. The highest BCUT2D eigenvalue weighted by molar-refractivity contribution is 5.95. The summed E-state index contributed by atoms with van der Waals surface area (Å²) in [7, 11) is 0. The number of amides is 3. The maximum atomic E-state index is 13.7. The molecule has 1 rings (SSSR count). The van der Waals surface area contributed by atoms with E-state index in [0.717, 1.165) is 6.92 Å². The van der Waals surface area contributed by atoms with Crippen LogP contribution in [0.15, 0.2) is 35.3 Å². The van der Waals surface area contributed by atoms with E-state index in [2.05, 4.69) is 10.3 Å². The Morgan fingerprint density at radius 1 is 1.11 bits per heavy atom. The Labute approximate surface area is 204 Å². The Bertz CT molecular complexity index is 955. The zero-order valence-electron chi connectivity index (χ0n) is 19.6. The highest BCUT2D eigenvalue weighted by atomic mass is 19.4. The average Bonchev–Trinajstić information content (AvgIpc) is 2.78. The van der Waals surface area contributed by atoms with Crippen molar-refractivity contribution < 1.29 is 42.2 Å². The molecule has 1 aromatic rings. The van der Waals surface area contributed by atoms with Gasteiger partial charge in [-0.2, -0.15) is 13.2 Å². The van der Waals surface area contributed by atoms with Crippen molar-refractivity contribution >= 4 is 29.8 Å². The molecule has 15 heteroatoms. The molecular weight excluding hydrogens is 489 g/mol. The fourth-order valence-corrected chi connectivity index (χ4v) is 2.68. The number of carbonyl (C=O) groups is 4. The molecule has 0 heterocycles. The second-order valence-electron chi connectivity index (χ2n) is 7.85.